The minimum atomic E-state index is -0.0116. The molecule has 4 rings (SSSR count). The highest BCUT2D eigenvalue weighted by molar-refractivity contribution is 5.77. The number of pyridine rings is 1. The van der Waals surface area contributed by atoms with Gasteiger partial charge in [0, 0.05) is 43.1 Å². The van der Waals surface area contributed by atoms with E-state index in [0.29, 0.717) is 12.5 Å². The quantitative estimate of drug-likeness (QED) is 0.826. The van der Waals surface area contributed by atoms with Crippen molar-refractivity contribution in [3.8, 4) is 0 Å². The molecule has 1 saturated heterocycles. The van der Waals surface area contributed by atoms with Gasteiger partial charge in [-0.25, -0.2) is 0 Å². The van der Waals surface area contributed by atoms with E-state index in [1.54, 1.807) is 0 Å². The van der Waals surface area contributed by atoms with E-state index in [4.69, 9.17) is 0 Å². The number of hydrogen-bond donors (Lipinski definition) is 2. The second-order valence-electron chi connectivity index (χ2n) is 7.31. The highest BCUT2D eigenvalue weighted by atomic mass is 16.1. The van der Waals surface area contributed by atoms with Gasteiger partial charge in [0.25, 0.3) is 0 Å². The molecule has 6 heteroatoms. The minimum Gasteiger partial charge on any atom is -0.346 e. The van der Waals surface area contributed by atoms with Crippen LogP contribution in [-0.4, -0.2) is 32.8 Å². The summed E-state index contributed by atoms with van der Waals surface area (Å²) in [5.41, 5.74) is 3.72. The van der Waals surface area contributed by atoms with Gasteiger partial charge in [-0.15, -0.1) is 0 Å². The third-order valence-electron chi connectivity index (χ3n) is 5.69. The van der Waals surface area contributed by atoms with Gasteiger partial charge >= 0.3 is 0 Å². The minimum absolute atomic E-state index is 0.0116. The van der Waals surface area contributed by atoms with Crippen LogP contribution in [0.3, 0.4) is 0 Å². The zero-order chi connectivity index (χ0) is 17.9. The Balaban J connectivity index is 1.48. The molecule has 6 nitrogen and oxygen atoms in total. The van der Waals surface area contributed by atoms with Crippen molar-refractivity contribution in [3.05, 3.63) is 47.5 Å². The van der Waals surface area contributed by atoms with Crippen LogP contribution in [-0.2, 0) is 24.2 Å². The molecule has 0 radical (unpaired) electrons. The van der Waals surface area contributed by atoms with Crippen LogP contribution in [0.2, 0.25) is 0 Å². The van der Waals surface area contributed by atoms with Crippen LogP contribution in [0.4, 0.5) is 0 Å². The number of hydrogen-bond acceptors (Lipinski definition) is 4. The van der Waals surface area contributed by atoms with E-state index in [2.05, 4.69) is 33.7 Å². The van der Waals surface area contributed by atoms with Gasteiger partial charge in [-0.3, -0.25) is 14.5 Å². The van der Waals surface area contributed by atoms with Crippen molar-refractivity contribution in [2.45, 2.75) is 70.1 Å². The Bertz CT molecular complexity index is 744. The molecule has 2 N–H and O–H groups in total. The maximum absolute atomic E-state index is 12.0. The van der Waals surface area contributed by atoms with E-state index in [1.807, 2.05) is 29.2 Å². The Kier molecular flexibility index (Phi) is 5.02. The molecule has 2 aromatic rings. The number of fused-ring (bicyclic) bond motifs is 1. The van der Waals surface area contributed by atoms with Gasteiger partial charge in [0.1, 0.15) is 0 Å². The molecule has 2 aromatic heterocycles. The number of aryl methyl sites for hydroxylation is 3. The van der Waals surface area contributed by atoms with Crippen LogP contribution in [0, 0.1) is 0 Å². The fourth-order valence-electron chi connectivity index (χ4n) is 4.31. The van der Waals surface area contributed by atoms with E-state index in [9.17, 15) is 4.79 Å². The van der Waals surface area contributed by atoms with Crippen molar-refractivity contribution >= 4 is 5.91 Å². The first-order valence-electron chi connectivity index (χ1n) is 9.74. The third-order valence-corrected chi connectivity index (χ3v) is 5.69. The molecule has 1 fully saturated rings. The SMILES string of the molecule is CCn1nccc1C1NC(=O)CCC1NC1CCc2cccnc2CC1. The van der Waals surface area contributed by atoms with Crippen molar-refractivity contribution in [2.75, 3.05) is 0 Å². The molecule has 3 heterocycles. The summed E-state index contributed by atoms with van der Waals surface area (Å²) in [5.74, 6) is 0.134. The molecule has 0 bridgehead atoms. The highest BCUT2D eigenvalue weighted by Crippen LogP contribution is 2.27. The number of carbonyl (C=O) groups excluding carboxylic acids is 1. The Hall–Kier alpha value is -2.21. The van der Waals surface area contributed by atoms with Gasteiger partial charge in [0.05, 0.1) is 11.7 Å². The Morgan fingerprint density at radius 3 is 2.96 bits per heavy atom. The number of nitrogens with zero attached hydrogens (tertiary/aromatic N) is 3. The predicted octanol–water partition coefficient (Wildman–Crippen LogP) is 2.15. The van der Waals surface area contributed by atoms with Gasteiger partial charge in [0.2, 0.25) is 5.91 Å². The molecule has 2 aliphatic rings. The van der Waals surface area contributed by atoms with Crippen molar-refractivity contribution in [3.63, 3.8) is 0 Å². The lowest BCUT2D eigenvalue weighted by Gasteiger charge is -2.35. The van der Waals surface area contributed by atoms with Crippen LogP contribution in [0.1, 0.15) is 55.6 Å². The average molecular weight is 353 g/mol. The highest BCUT2D eigenvalue weighted by Gasteiger charge is 2.33. The first-order chi connectivity index (χ1) is 12.7. The van der Waals surface area contributed by atoms with Gasteiger partial charge < -0.3 is 10.6 Å². The molecule has 26 heavy (non-hydrogen) atoms. The average Bonchev–Trinajstić information content (AvgIpc) is 3.05. The van der Waals surface area contributed by atoms with Crippen molar-refractivity contribution in [1.29, 1.82) is 0 Å². The second-order valence-corrected chi connectivity index (χ2v) is 7.31. The smallest absolute Gasteiger partial charge is 0.220 e. The fraction of sp³-hybridized carbons (Fsp3) is 0.550. The number of carbonyl (C=O) groups is 1. The lowest BCUT2D eigenvalue weighted by molar-refractivity contribution is -0.124. The van der Waals surface area contributed by atoms with Crippen molar-refractivity contribution < 1.29 is 4.79 Å². The zero-order valence-electron chi connectivity index (χ0n) is 15.3. The summed E-state index contributed by atoms with van der Waals surface area (Å²) in [6.45, 7) is 2.89. The number of rotatable bonds is 4. The lowest BCUT2D eigenvalue weighted by atomic mass is 9.93. The van der Waals surface area contributed by atoms with E-state index >= 15 is 0 Å². The van der Waals surface area contributed by atoms with E-state index in [-0.39, 0.29) is 18.0 Å². The van der Waals surface area contributed by atoms with Gasteiger partial charge in [-0.2, -0.15) is 5.10 Å². The maximum atomic E-state index is 12.0. The molecule has 1 aliphatic heterocycles. The first kappa shape index (κ1) is 17.2. The van der Waals surface area contributed by atoms with Crippen LogP contribution in [0.15, 0.2) is 30.6 Å². The third kappa shape index (κ3) is 3.51. The van der Waals surface area contributed by atoms with Crippen LogP contribution >= 0.6 is 0 Å². The van der Waals surface area contributed by atoms with Gasteiger partial charge in [-0.1, -0.05) is 6.07 Å². The van der Waals surface area contributed by atoms with Gasteiger partial charge in [0.15, 0.2) is 0 Å². The van der Waals surface area contributed by atoms with Crippen LogP contribution < -0.4 is 10.6 Å². The van der Waals surface area contributed by atoms with Crippen LogP contribution in [0.5, 0.6) is 0 Å². The topological polar surface area (TPSA) is 71.8 Å². The zero-order valence-corrected chi connectivity index (χ0v) is 15.3. The molecule has 138 valence electrons. The Morgan fingerprint density at radius 2 is 2.08 bits per heavy atom. The Morgan fingerprint density at radius 1 is 1.19 bits per heavy atom. The number of nitrogens with one attached hydrogen (secondary N) is 2. The summed E-state index contributed by atoms with van der Waals surface area (Å²) in [6.07, 6.45) is 9.46. The number of aromatic nitrogens is 3. The number of piperidine rings is 1. The molecule has 3 unspecified atom stereocenters. The molecular weight excluding hydrogens is 326 g/mol. The molecule has 1 amide bonds. The summed E-state index contributed by atoms with van der Waals surface area (Å²) >= 11 is 0. The van der Waals surface area contributed by atoms with Crippen molar-refractivity contribution in [1.82, 2.24) is 25.4 Å². The molecule has 0 spiro atoms. The monoisotopic (exact) mass is 353 g/mol. The molecule has 1 aliphatic carbocycles. The predicted molar refractivity (Wildman–Crippen MR) is 99.6 cm³/mol. The second kappa shape index (κ2) is 7.58. The van der Waals surface area contributed by atoms with E-state index in [1.165, 1.54) is 11.3 Å². The largest absolute Gasteiger partial charge is 0.346 e. The lowest BCUT2D eigenvalue weighted by Crippen LogP contribution is -2.52. The Labute approximate surface area is 154 Å². The summed E-state index contributed by atoms with van der Waals surface area (Å²) in [7, 11) is 0. The number of amides is 1. The fourth-order valence-corrected chi connectivity index (χ4v) is 4.31. The summed E-state index contributed by atoms with van der Waals surface area (Å²) in [6, 6.07) is 6.95. The normalized spacial score (nSPS) is 26.0. The van der Waals surface area contributed by atoms with Crippen LogP contribution in [0.25, 0.3) is 0 Å². The summed E-state index contributed by atoms with van der Waals surface area (Å²) in [5, 5.41) is 11.4. The van der Waals surface area contributed by atoms with E-state index in [0.717, 1.165) is 44.3 Å². The van der Waals surface area contributed by atoms with Gasteiger partial charge in [-0.05, 0) is 56.7 Å². The maximum Gasteiger partial charge on any atom is 0.220 e. The molecular formula is C20H27N5O. The van der Waals surface area contributed by atoms with Crippen molar-refractivity contribution in [2.24, 2.45) is 0 Å². The summed E-state index contributed by atoms with van der Waals surface area (Å²) < 4.78 is 1.98. The summed E-state index contributed by atoms with van der Waals surface area (Å²) in [4.78, 5) is 16.6. The van der Waals surface area contributed by atoms with E-state index < -0.39 is 0 Å². The molecule has 0 saturated carbocycles. The molecule has 0 aromatic carbocycles. The molecule has 3 atom stereocenters. The standard InChI is InChI=1S/C20H27N5O/c1-2-25-18(11-13-22-25)20-17(9-10-19(26)24-20)23-15-6-5-14-4-3-12-21-16(14)8-7-15/h3-4,11-13,15,17,20,23H,2,5-10H2,1H3,(H,24,26). The first-order valence-corrected chi connectivity index (χ1v) is 9.74.